The Morgan fingerprint density at radius 1 is 1.47 bits per heavy atom. The Kier molecular flexibility index (Phi) is 4.33. The molecule has 90 valence electrons. The summed E-state index contributed by atoms with van der Waals surface area (Å²) in [5.74, 6) is -3.89. The van der Waals surface area contributed by atoms with Gasteiger partial charge in [-0.2, -0.15) is 8.78 Å². The highest BCUT2D eigenvalue weighted by atomic mass is 19.3. The van der Waals surface area contributed by atoms with Crippen LogP contribution in [0.3, 0.4) is 0 Å². The lowest BCUT2D eigenvalue weighted by Gasteiger charge is -2.34. The summed E-state index contributed by atoms with van der Waals surface area (Å²) in [6.45, 7) is 0.0438. The van der Waals surface area contributed by atoms with Crippen molar-refractivity contribution < 1.29 is 17.6 Å². The summed E-state index contributed by atoms with van der Waals surface area (Å²) in [7, 11) is 1.75. The molecule has 0 aromatic rings. The van der Waals surface area contributed by atoms with Gasteiger partial charge in [0.05, 0.1) is 6.54 Å². The minimum Gasteiger partial charge on any atom is -0.316 e. The molecule has 1 rings (SSSR count). The molecule has 1 saturated heterocycles. The second kappa shape index (κ2) is 5.12. The minimum atomic E-state index is -3.89. The van der Waals surface area contributed by atoms with E-state index in [2.05, 4.69) is 5.32 Å². The quantitative estimate of drug-likeness (QED) is 0.735. The van der Waals surface area contributed by atoms with Crippen LogP contribution in [0.4, 0.5) is 17.6 Å². The third-order valence-corrected chi connectivity index (χ3v) is 2.67. The lowest BCUT2D eigenvalue weighted by molar-refractivity contribution is -0.144. The van der Waals surface area contributed by atoms with Gasteiger partial charge in [-0.15, -0.1) is 0 Å². The normalized spacial score (nSPS) is 24.8. The fraction of sp³-hybridized carbons (Fsp3) is 1.00. The highest BCUT2D eigenvalue weighted by Gasteiger charge is 2.42. The summed E-state index contributed by atoms with van der Waals surface area (Å²) in [5.41, 5.74) is 0. The van der Waals surface area contributed by atoms with E-state index in [1.807, 2.05) is 0 Å². The van der Waals surface area contributed by atoms with Crippen molar-refractivity contribution in [2.24, 2.45) is 0 Å². The summed E-state index contributed by atoms with van der Waals surface area (Å²) >= 11 is 0. The molecule has 1 unspecified atom stereocenters. The van der Waals surface area contributed by atoms with Crippen LogP contribution in [0, 0.1) is 0 Å². The fourth-order valence-corrected chi connectivity index (χ4v) is 1.80. The van der Waals surface area contributed by atoms with Gasteiger partial charge in [0.2, 0.25) is 0 Å². The number of piperidine rings is 1. The third kappa shape index (κ3) is 3.61. The monoisotopic (exact) mass is 228 g/mol. The maximum absolute atomic E-state index is 12.7. The first-order valence-corrected chi connectivity index (χ1v) is 5.01. The molecule has 1 fully saturated rings. The number of alkyl halides is 4. The SMILES string of the molecule is CNC1CCCN(CC(F)(F)C(F)F)C1. The van der Waals surface area contributed by atoms with E-state index in [0.717, 1.165) is 12.8 Å². The van der Waals surface area contributed by atoms with Gasteiger partial charge < -0.3 is 5.32 Å². The highest BCUT2D eigenvalue weighted by molar-refractivity contribution is 4.82. The first kappa shape index (κ1) is 12.7. The number of nitrogens with zero attached hydrogens (tertiary/aromatic N) is 1. The zero-order valence-electron chi connectivity index (χ0n) is 8.65. The molecule has 0 saturated carbocycles. The Morgan fingerprint density at radius 2 is 2.13 bits per heavy atom. The van der Waals surface area contributed by atoms with E-state index in [1.165, 1.54) is 4.90 Å². The molecule has 6 heteroatoms. The predicted molar refractivity (Wildman–Crippen MR) is 49.5 cm³/mol. The molecule has 1 atom stereocenters. The Balaban J connectivity index is 2.44. The van der Waals surface area contributed by atoms with E-state index in [0.29, 0.717) is 13.1 Å². The van der Waals surface area contributed by atoms with Crippen LogP contribution < -0.4 is 5.32 Å². The van der Waals surface area contributed by atoms with E-state index in [9.17, 15) is 17.6 Å². The van der Waals surface area contributed by atoms with Gasteiger partial charge in [-0.3, -0.25) is 4.90 Å². The summed E-state index contributed by atoms with van der Waals surface area (Å²) < 4.78 is 49.4. The van der Waals surface area contributed by atoms with Crippen LogP contribution >= 0.6 is 0 Å². The summed E-state index contributed by atoms with van der Waals surface area (Å²) in [6.07, 6.45) is -1.90. The molecule has 1 aliphatic heterocycles. The van der Waals surface area contributed by atoms with Crippen LogP contribution in [0.15, 0.2) is 0 Å². The zero-order chi connectivity index (χ0) is 11.5. The molecule has 1 heterocycles. The first-order chi connectivity index (χ1) is 6.95. The molecule has 0 amide bonds. The Hall–Kier alpha value is -0.360. The summed E-state index contributed by atoms with van der Waals surface area (Å²) in [4.78, 5) is 1.40. The summed E-state index contributed by atoms with van der Waals surface area (Å²) in [6, 6.07) is 0.132. The van der Waals surface area contributed by atoms with Crippen molar-refractivity contribution in [2.75, 3.05) is 26.7 Å². The third-order valence-electron chi connectivity index (χ3n) is 2.67. The zero-order valence-corrected chi connectivity index (χ0v) is 8.65. The number of nitrogens with one attached hydrogen (secondary N) is 1. The van der Waals surface area contributed by atoms with Gasteiger partial charge in [0.15, 0.2) is 0 Å². The topological polar surface area (TPSA) is 15.3 Å². The molecule has 15 heavy (non-hydrogen) atoms. The summed E-state index contributed by atoms with van der Waals surface area (Å²) in [5, 5.41) is 2.97. The number of likely N-dealkylation sites (tertiary alicyclic amines) is 1. The van der Waals surface area contributed by atoms with Crippen molar-refractivity contribution in [3.05, 3.63) is 0 Å². The van der Waals surface area contributed by atoms with Crippen LogP contribution in [-0.2, 0) is 0 Å². The maximum Gasteiger partial charge on any atom is 0.319 e. The molecule has 0 radical (unpaired) electrons. The van der Waals surface area contributed by atoms with Gasteiger partial charge in [-0.1, -0.05) is 0 Å². The number of likely N-dealkylation sites (N-methyl/N-ethyl adjacent to an activating group) is 1. The van der Waals surface area contributed by atoms with Crippen molar-refractivity contribution in [1.82, 2.24) is 10.2 Å². The molecular formula is C9H16F4N2. The molecule has 0 spiro atoms. The molecule has 0 aliphatic carbocycles. The van der Waals surface area contributed by atoms with Crippen molar-refractivity contribution in [3.63, 3.8) is 0 Å². The molecular weight excluding hydrogens is 212 g/mol. The van der Waals surface area contributed by atoms with E-state index < -0.39 is 18.9 Å². The van der Waals surface area contributed by atoms with Gasteiger partial charge in [0.25, 0.3) is 0 Å². The average molecular weight is 228 g/mol. The smallest absolute Gasteiger partial charge is 0.316 e. The molecule has 0 aromatic heterocycles. The molecule has 2 nitrogen and oxygen atoms in total. The Morgan fingerprint density at radius 3 is 2.67 bits per heavy atom. The van der Waals surface area contributed by atoms with E-state index >= 15 is 0 Å². The van der Waals surface area contributed by atoms with Gasteiger partial charge >= 0.3 is 12.3 Å². The van der Waals surface area contributed by atoms with Gasteiger partial charge in [-0.05, 0) is 26.4 Å². The van der Waals surface area contributed by atoms with Crippen LogP contribution in [0.25, 0.3) is 0 Å². The van der Waals surface area contributed by atoms with Gasteiger partial charge in [0.1, 0.15) is 0 Å². The molecule has 1 N–H and O–H groups in total. The molecule has 0 aromatic carbocycles. The lowest BCUT2D eigenvalue weighted by Crippen LogP contribution is -2.50. The van der Waals surface area contributed by atoms with E-state index in [1.54, 1.807) is 7.05 Å². The van der Waals surface area contributed by atoms with Crippen molar-refractivity contribution in [1.29, 1.82) is 0 Å². The minimum absolute atomic E-state index is 0.132. The van der Waals surface area contributed by atoms with E-state index in [-0.39, 0.29) is 6.04 Å². The largest absolute Gasteiger partial charge is 0.319 e. The van der Waals surface area contributed by atoms with Crippen LogP contribution in [0.1, 0.15) is 12.8 Å². The van der Waals surface area contributed by atoms with Crippen molar-refractivity contribution in [3.8, 4) is 0 Å². The van der Waals surface area contributed by atoms with Crippen molar-refractivity contribution >= 4 is 0 Å². The standard InChI is InChI=1S/C9H16F4N2/c1-14-7-3-2-4-15(5-7)6-9(12,13)8(10)11/h7-8,14H,2-6H2,1H3. The van der Waals surface area contributed by atoms with Crippen molar-refractivity contribution in [2.45, 2.75) is 31.2 Å². The van der Waals surface area contributed by atoms with Crippen LogP contribution in [0.2, 0.25) is 0 Å². The number of halogens is 4. The first-order valence-electron chi connectivity index (χ1n) is 5.01. The number of hydrogen-bond acceptors (Lipinski definition) is 2. The van der Waals surface area contributed by atoms with E-state index in [4.69, 9.17) is 0 Å². The fourth-order valence-electron chi connectivity index (χ4n) is 1.80. The second-order valence-corrected chi connectivity index (χ2v) is 3.92. The lowest BCUT2D eigenvalue weighted by atomic mass is 10.1. The van der Waals surface area contributed by atoms with Crippen LogP contribution in [0.5, 0.6) is 0 Å². The molecule has 0 bridgehead atoms. The Labute approximate surface area is 86.6 Å². The highest BCUT2D eigenvalue weighted by Crippen LogP contribution is 2.25. The number of rotatable bonds is 4. The number of hydrogen-bond donors (Lipinski definition) is 1. The van der Waals surface area contributed by atoms with Gasteiger partial charge in [0, 0.05) is 12.6 Å². The average Bonchev–Trinajstić information content (AvgIpc) is 2.17. The second-order valence-electron chi connectivity index (χ2n) is 3.92. The van der Waals surface area contributed by atoms with Gasteiger partial charge in [-0.25, -0.2) is 8.78 Å². The van der Waals surface area contributed by atoms with Crippen LogP contribution in [-0.4, -0.2) is 50.0 Å². The maximum atomic E-state index is 12.7. The predicted octanol–water partition coefficient (Wildman–Crippen LogP) is 1.57. The molecule has 1 aliphatic rings. The Bertz CT molecular complexity index is 199.